The molecule has 0 heterocycles. The molecule has 20 heavy (non-hydrogen) atoms. The SMILES string of the molecule is CCCC(C)Oc1ccc2ccccc2c1C#CCO. The maximum Gasteiger partial charge on any atom is 0.135 e. The number of ether oxygens (including phenoxy) is 1. The van der Waals surface area contributed by atoms with E-state index in [1.54, 1.807) is 0 Å². The van der Waals surface area contributed by atoms with Crippen molar-refractivity contribution in [1.29, 1.82) is 0 Å². The van der Waals surface area contributed by atoms with Crippen molar-refractivity contribution in [2.45, 2.75) is 32.8 Å². The third kappa shape index (κ3) is 3.31. The van der Waals surface area contributed by atoms with Crippen LogP contribution in [0, 0.1) is 11.8 Å². The Balaban J connectivity index is 2.47. The van der Waals surface area contributed by atoms with E-state index in [-0.39, 0.29) is 12.7 Å². The molecule has 2 aromatic rings. The average Bonchev–Trinajstić information content (AvgIpc) is 2.46. The standard InChI is InChI=1S/C18H20O2/c1-3-7-14(2)20-18-12-11-15-8-4-5-9-16(15)17(18)10-6-13-19/h4-5,8-9,11-12,14,19H,3,7,13H2,1-2H3. The predicted molar refractivity (Wildman–Crippen MR) is 82.9 cm³/mol. The quantitative estimate of drug-likeness (QED) is 0.856. The summed E-state index contributed by atoms with van der Waals surface area (Å²) in [5.41, 5.74) is 0.861. The van der Waals surface area contributed by atoms with Gasteiger partial charge in [0.25, 0.3) is 0 Å². The maximum absolute atomic E-state index is 8.94. The first kappa shape index (κ1) is 14.4. The molecule has 2 heteroatoms. The summed E-state index contributed by atoms with van der Waals surface area (Å²) in [7, 11) is 0. The summed E-state index contributed by atoms with van der Waals surface area (Å²) >= 11 is 0. The summed E-state index contributed by atoms with van der Waals surface area (Å²) in [4.78, 5) is 0. The molecule has 0 radical (unpaired) electrons. The van der Waals surface area contributed by atoms with Gasteiger partial charge < -0.3 is 9.84 Å². The van der Waals surface area contributed by atoms with E-state index in [4.69, 9.17) is 9.84 Å². The highest BCUT2D eigenvalue weighted by atomic mass is 16.5. The minimum atomic E-state index is -0.146. The first-order valence-electron chi connectivity index (χ1n) is 7.04. The van der Waals surface area contributed by atoms with E-state index in [0.29, 0.717) is 0 Å². The van der Waals surface area contributed by atoms with Crippen molar-refractivity contribution in [2.24, 2.45) is 0 Å². The van der Waals surface area contributed by atoms with E-state index in [2.05, 4.69) is 31.8 Å². The van der Waals surface area contributed by atoms with Crippen LogP contribution < -0.4 is 4.74 Å². The first-order valence-corrected chi connectivity index (χ1v) is 7.04. The van der Waals surface area contributed by atoms with Crippen molar-refractivity contribution in [1.82, 2.24) is 0 Å². The molecular formula is C18H20O2. The summed E-state index contributed by atoms with van der Waals surface area (Å²) in [6, 6.07) is 12.1. The van der Waals surface area contributed by atoms with Gasteiger partial charge in [-0.2, -0.15) is 0 Å². The Hall–Kier alpha value is -1.98. The number of aliphatic hydroxyl groups excluding tert-OH is 1. The van der Waals surface area contributed by atoms with Crippen LogP contribution >= 0.6 is 0 Å². The molecule has 0 saturated heterocycles. The highest BCUT2D eigenvalue weighted by Crippen LogP contribution is 2.28. The lowest BCUT2D eigenvalue weighted by atomic mass is 10.0. The molecule has 1 unspecified atom stereocenters. The Bertz CT molecular complexity index is 635. The van der Waals surface area contributed by atoms with Gasteiger partial charge in [-0.1, -0.05) is 55.5 Å². The van der Waals surface area contributed by atoms with Gasteiger partial charge >= 0.3 is 0 Å². The van der Waals surface area contributed by atoms with Crippen LogP contribution in [0.3, 0.4) is 0 Å². The molecule has 2 nitrogen and oxygen atoms in total. The van der Waals surface area contributed by atoms with E-state index in [0.717, 1.165) is 34.9 Å². The van der Waals surface area contributed by atoms with Gasteiger partial charge in [0.15, 0.2) is 0 Å². The molecule has 0 aliphatic heterocycles. The second-order valence-electron chi connectivity index (χ2n) is 4.84. The molecule has 2 aromatic carbocycles. The zero-order chi connectivity index (χ0) is 14.4. The molecular weight excluding hydrogens is 248 g/mol. The fourth-order valence-corrected chi connectivity index (χ4v) is 2.29. The topological polar surface area (TPSA) is 29.5 Å². The largest absolute Gasteiger partial charge is 0.489 e. The second-order valence-corrected chi connectivity index (χ2v) is 4.84. The van der Waals surface area contributed by atoms with Crippen LogP contribution in [-0.4, -0.2) is 17.8 Å². The van der Waals surface area contributed by atoms with Gasteiger partial charge in [-0.3, -0.25) is 0 Å². The van der Waals surface area contributed by atoms with Gasteiger partial charge in [0.1, 0.15) is 12.4 Å². The van der Waals surface area contributed by atoms with Gasteiger partial charge in [-0.15, -0.1) is 0 Å². The molecule has 1 N–H and O–H groups in total. The Labute approximate surface area is 120 Å². The van der Waals surface area contributed by atoms with Crippen molar-refractivity contribution in [3.63, 3.8) is 0 Å². The zero-order valence-electron chi connectivity index (χ0n) is 12.0. The third-order valence-electron chi connectivity index (χ3n) is 3.21. The van der Waals surface area contributed by atoms with E-state index < -0.39 is 0 Å². The average molecular weight is 268 g/mol. The molecule has 0 aromatic heterocycles. The lowest BCUT2D eigenvalue weighted by Crippen LogP contribution is -2.11. The molecule has 0 spiro atoms. The molecule has 0 aliphatic rings. The minimum absolute atomic E-state index is 0.146. The number of aliphatic hydroxyl groups is 1. The Kier molecular flexibility index (Phi) is 5.03. The van der Waals surface area contributed by atoms with E-state index in [9.17, 15) is 0 Å². The van der Waals surface area contributed by atoms with Crippen LogP contribution in [0.5, 0.6) is 5.75 Å². The van der Waals surface area contributed by atoms with Crippen LogP contribution in [-0.2, 0) is 0 Å². The second kappa shape index (κ2) is 6.98. The van der Waals surface area contributed by atoms with Gasteiger partial charge in [-0.25, -0.2) is 0 Å². The molecule has 0 bridgehead atoms. The van der Waals surface area contributed by atoms with Gasteiger partial charge in [0.05, 0.1) is 11.7 Å². The molecule has 104 valence electrons. The summed E-state index contributed by atoms with van der Waals surface area (Å²) in [6.07, 6.45) is 2.27. The number of hydrogen-bond donors (Lipinski definition) is 1. The number of benzene rings is 2. The molecule has 0 amide bonds. The fourth-order valence-electron chi connectivity index (χ4n) is 2.29. The van der Waals surface area contributed by atoms with Crippen LogP contribution in [0.4, 0.5) is 0 Å². The van der Waals surface area contributed by atoms with Crippen molar-refractivity contribution in [3.8, 4) is 17.6 Å². The lowest BCUT2D eigenvalue weighted by molar-refractivity contribution is 0.209. The number of fused-ring (bicyclic) bond motifs is 1. The summed E-state index contributed by atoms with van der Waals surface area (Å²) in [6.45, 7) is 4.07. The number of rotatable bonds is 4. The zero-order valence-corrected chi connectivity index (χ0v) is 12.0. The van der Waals surface area contributed by atoms with Crippen LogP contribution in [0.15, 0.2) is 36.4 Å². The van der Waals surface area contributed by atoms with E-state index in [1.807, 2.05) is 30.3 Å². The Morgan fingerprint density at radius 1 is 1.20 bits per heavy atom. The molecule has 0 aliphatic carbocycles. The minimum Gasteiger partial charge on any atom is -0.489 e. The fraction of sp³-hybridized carbons (Fsp3) is 0.333. The molecule has 0 saturated carbocycles. The monoisotopic (exact) mass is 268 g/mol. The van der Waals surface area contributed by atoms with Gasteiger partial charge in [0, 0.05) is 5.39 Å². The van der Waals surface area contributed by atoms with E-state index >= 15 is 0 Å². The maximum atomic E-state index is 8.94. The van der Waals surface area contributed by atoms with Crippen molar-refractivity contribution < 1.29 is 9.84 Å². The van der Waals surface area contributed by atoms with Gasteiger partial charge in [0.2, 0.25) is 0 Å². The molecule has 0 fully saturated rings. The smallest absolute Gasteiger partial charge is 0.135 e. The Morgan fingerprint density at radius 2 is 2.00 bits per heavy atom. The summed E-state index contributed by atoms with van der Waals surface area (Å²) < 4.78 is 6.01. The summed E-state index contributed by atoms with van der Waals surface area (Å²) in [5.74, 6) is 6.55. The molecule has 1 atom stereocenters. The third-order valence-corrected chi connectivity index (χ3v) is 3.21. The number of hydrogen-bond acceptors (Lipinski definition) is 2. The normalized spacial score (nSPS) is 11.8. The highest BCUT2D eigenvalue weighted by molar-refractivity contribution is 5.90. The van der Waals surface area contributed by atoms with Gasteiger partial charge in [-0.05, 0) is 24.8 Å². The van der Waals surface area contributed by atoms with Crippen LogP contribution in [0.2, 0.25) is 0 Å². The van der Waals surface area contributed by atoms with E-state index in [1.165, 1.54) is 0 Å². The lowest BCUT2D eigenvalue weighted by Gasteiger charge is -2.16. The first-order chi connectivity index (χ1) is 9.76. The van der Waals surface area contributed by atoms with Crippen molar-refractivity contribution in [3.05, 3.63) is 42.0 Å². The molecule has 2 rings (SSSR count). The highest BCUT2D eigenvalue weighted by Gasteiger charge is 2.10. The van der Waals surface area contributed by atoms with Crippen LogP contribution in [0.1, 0.15) is 32.3 Å². The van der Waals surface area contributed by atoms with Crippen molar-refractivity contribution in [2.75, 3.05) is 6.61 Å². The van der Waals surface area contributed by atoms with Crippen LogP contribution in [0.25, 0.3) is 10.8 Å². The predicted octanol–water partition coefficient (Wildman–Crippen LogP) is 3.75. The Morgan fingerprint density at radius 3 is 2.75 bits per heavy atom. The summed E-state index contributed by atoms with van der Waals surface area (Å²) in [5, 5.41) is 11.1. The van der Waals surface area contributed by atoms with Crippen molar-refractivity contribution >= 4 is 10.8 Å².